The van der Waals surface area contributed by atoms with Crippen LogP contribution in [0.25, 0.3) is 10.9 Å². The minimum absolute atomic E-state index is 0.104. The maximum absolute atomic E-state index is 11.8. The Labute approximate surface area is 142 Å². The zero-order chi connectivity index (χ0) is 17.1. The monoisotopic (exact) mass is 327 g/mol. The predicted octanol–water partition coefficient (Wildman–Crippen LogP) is 4.35. The SMILES string of the molecule is CCCCCC(C)Oc1cc(O)c2c3c(cnc2c1)CCC(=O)C3. The lowest BCUT2D eigenvalue weighted by Crippen LogP contribution is -2.14. The molecule has 1 aromatic heterocycles. The van der Waals surface area contributed by atoms with E-state index >= 15 is 0 Å². The van der Waals surface area contributed by atoms with Crippen LogP contribution in [-0.2, 0) is 17.6 Å². The van der Waals surface area contributed by atoms with Crippen molar-refractivity contribution in [2.75, 3.05) is 0 Å². The quantitative estimate of drug-likeness (QED) is 0.802. The number of hydrogen-bond acceptors (Lipinski definition) is 4. The number of aromatic nitrogens is 1. The van der Waals surface area contributed by atoms with Gasteiger partial charge in [-0.15, -0.1) is 0 Å². The van der Waals surface area contributed by atoms with E-state index in [4.69, 9.17) is 4.74 Å². The van der Waals surface area contributed by atoms with Gasteiger partial charge in [0, 0.05) is 36.6 Å². The molecule has 1 unspecified atom stereocenters. The number of carbonyl (C=O) groups is 1. The second kappa shape index (κ2) is 7.20. The highest BCUT2D eigenvalue weighted by Gasteiger charge is 2.21. The Kier molecular flexibility index (Phi) is 5.03. The fraction of sp³-hybridized carbons (Fsp3) is 0.500. The van der Waals surface area contributed by atoms with Gasteiger partial charge in [0.2, 0.25) is 0 Å². The molecular formula is C20H25NO3. The number of pyridine rings is 1. The summed E-state index contributed by atoms with van der Waals surface area (Å²) in [6.45, 7) is 4.24. The Hall–Kier alpha value is -2.10. The van der Waals surface area contributed by atoms with Crippen LogP contribution in [0.3, 0.4) is 0 Å². The minimum Gasteiger partial charge on any atom is -0.507 e. The van der Waals surface area contributed by atoms with Crippen molar-refractivity contribution in [3.05, 3.63) is 29.5 Å². The van der Waals surface area contributed by atoms with Gasteiger partial charge < -0.3 is 9.84 Å². The van der Waals surface area contributed by atoms with Crippen molar-refractivity contribution in [3.8, 4) is 11.5 Å². The van der Waals surface area contributed by atoms with Crippen LogP contribution < -0.4 is 4.74 Å². The van der Waals surface area contributed by atoms with Crippen molar-refractivity contribution in [2.45, 2.75) is 64.9 Å². The number of Topliss-reactive ketones (excluding diaryl/α,β-unsaturated/α-hetero) is 1. The van der Waals surface area contributed by atoms with E-state index in [0.717, 1.165) is 24.0 Å². The lowest BCUT2D eigenvalue weighted by atomic mass is 9.89. The van der Waals surface area contributed by atoms with Gasteiger partial charge in [-0.2, -0.15) is 0 Å². The molecule has 3 rings (SSSR count). The van der Waals surface area contributed by atoms with Gasteiger partial charge in [-0.3, -0.25) is 9.78 Å². The summed E-state index contributed by atoms with van der Waals surface area (Å²) in [5.74, 6) is 1.01. The van der Waals surface area contributed by atoms with E-state index in [1.807, 2.05) is 12.3 Å². The topological polar surface area (TPSA) is 59.4 Å². The Morgan fingerprint density at radius 1 is 1.29 bits per heavy atom. The third kappa shape index (κ3) is 3.53. The molecule has 4 heteroatoms. The first-order chi connectivity index (χ1) is 11.6. The van der Waals surface area contributed by atoms with Crippen molar-refractivity contribution in [3.63, 3.8) is 0 Å². The summed E-state index contributed by atoms with van der Waals surface area (Å²) in [6.07, 6.45) is 8.14. The molecule has 0 bridgehead atoms. The molecule has 1 aliphatic carbocycles. The second-order valence-electron chi connectivity index (χ2n) is 6.74. The zero-order valence-electron chi connectivity index (χ0n) is 14.5. The molecule has 0 saturated carbocycles. The highest BCUT2D eigenvalue weighted by Crippen LogP contribution is 2.35. The molecule has 2 aromatic rings. The molecule has 0 radical (unpaired) electrons. The van der Waals surface area contributed by atoms with Crippen molar-refractivity contribution in [2.24, 2.45) is 0 Å². The van der Waals surface area contributed by atoms with Crippen molar-refractivity contribution >= 4 is 16.7 Å². The molecule has 4 nitrogen and oxygen atoms in total. The van der Waals surface area contributed by atoms with Gasteiger partial charge in [-0.25, -0.2) is 0 Å². The standard InChI is InChI=1S/C20H25NO3/c1-3-4-5-6-13(2)24-16-10-18-20(19(23)11-16)17-9-15(22)8-7-14(17)12-21-18/h10-13,23H,3-9H2,1-2H3. The molecule has 1 heterocycles. The Bertz CT molecular complexity index is 754. The molecule has 0 fully saturated rings. The van der Waals surface area contributed by atoms with E-state index in [0.29, 0.717) is 35.9 Å². The van der Waals surface area contributed by atoms with Crippen LogP contribution in [0.5, 0.6) is 11.5 Å². The zero-order valence-corrected chi connectivity index (χ0v) is 14.5. The van der Waals surface area contributed by atoms with Crippen LogP contribution in [0.4, 0.5) is 0 Å². The third-order valence-electron chi connectivity index (χ3n) is 4.72. The second-order valence-corrected chi connectivity index (χ2v) is 6.74. The van der Waals surface area contributed by atoms with Crippen LogP contribution in [0, 0.1) is 0 Å². The Balaban J connectivity index is 1.87. The fourth-order valence-corrected chi connectivity index (χ4v) is 3.40. The summed E-state index contributed by atoms with van der Waals surface area (Å²) in [5, 5.41) is 11.2. The molecule has 1 aromatic carbocycles. The largest absolute Gasteiger partial charge is 0.507 e. The average molecular weight is 327 g/mol. The fourth-order valence-electron chi connectivity index (χ4n) is 3.40. The van der Waals surface area contributed by atoms with Crippen molar-refractivity contribution in [1.82, 2.24) is 4.98 Å². The third-order valence-corrected chi connectivity index (χ3v) is 4.72. The van der Waals surface area contributed by atoms with E-state index in [1.54, 1.807) is 6.07 Å². The number of phenolic OH excluding ortho intramolecular Hbond substituents is 1. The molecule has 0 saturated heterocycles. The Morgan fingerprint density at radius 3 is 2.92 bits per heavy atom. The van der Waals surface area contributed by atoms with Crippen LogP contribution in [0.2, 0.25) is 0 Å². The summed E-state index contributed by atoms with van der Waals surface area (Å²) in [7, 11) is 0. The van der Waals surface area contributed by atoms with Crippen LogP contribution in [0.15, 0.2) is 18.3 Å². The Morgan fingerprint density at radius 2 is 2.12 bits per heavy atom. The smallest absolute Gasteiger partial charge is 0.137 e. The number of aryl methyl sites for hydroxylation is 1. The molecule has 24 heavy (non-hydrogen) atoms. The lowest BCUT2D eigenvalue weighted by Gasteiger charge is -2.19. The van der Waals surface area contributed by atoms with Crippen molar-refractivity contribution in [1.29, 1.82) is 0 Å². The number of hydrogen-bond donors (Lipinski definition) is 1. The summed E-state index contributed by atoms with van der Waals surface area (Å²) in [6, 6.07) is 3.52. The first-order valence-corrected chi connectivity index (χ1v) is 8.90. The highest BCUT2D eigenvalue weighted by atomic mass is 16.5. The van der Waals surface area contributed by atoms with Gasteiger partial charge >= 0.3 is 0 Å². The molecule has 0 spiro atoms. The average Bonchev–Trinajstić information content (AvgIpc) is 2.54. The predicted molar refractivity (Wildman–Crippen MR) is 94.7 cm³/mol. The van der Waals surface area contributed by atoms with Crippen LogP contribution in [0.1, 0.15) is 57.1 Å². The van der Waals surface area contributed by atoms with Gasteiger partial charge in [-0.1, -0.05) is 19.8 Å². The number of aromatic hydroxyl groups is 1. The minimum atomic E-state index is 0.104. The number of ether oxygens (including phenoxy) is 1. The van der Waals surface area contributed by atoms with Gasteiger partial charge in [0.05, 0.1) is 11.6 Å². The maximum Gasteiger partial charge on any atom is 0.137 e. The summed E-state index contributed by atoms with van der Waals surface area (Å²) < 4.78 is 5.95. The molecule has 1 atom stereocenters. The summed E-state index contributed by atoms with van der Waals surface area (Å²) in [4.78, 5) is 16.3. The molecule has 1 aliphatic rings. The number of carbonyl (C=O) groups excluding carboxylic acids is 1. The number of rotatable bonds is 6. The van der Waals surface area contributed by atoms with E-state index in [-0.39, 0.29) is 17.6 Å². The van der Waals surface area contributed by atoms with E-state index < -0.39 is 0 Å². The number of benzene rings is 1. The molecule has 0 amide bonds. The normalized spacial score (nSPS) is 15.3. The number of phenols is 1. The summed E-state index contributed by atoms with van der Waals surface area (Å²) in [5.41, 5.74) is 2.69. The number of ketones is 1. The lowest BCUT2D eigenvalue weighted by molar-refractivity contribution is -0.118. The first-order valence-electron chi connectivity index (χ1n) is 8.90. The van der Waals surface area contributed by atoms with Gasteiger partial charge in [-0.05, 0) is 37.3 Å². The molecule has 1 N–H and O–H groups in total. The maximum atomic E-state index is 11.8. The molecule has 0 aliphatic heterocycles. The number of unbranched alkanes of at least 4 members (excludes halogenated alkanes) is 2. The highest BCUT2D eigenvalue weighted by molar-refractivity contribution is 5.95. The van der Waals surface area contributed by atoms with Crippen molar-refractivity contribution < 1.29 is 14.6 Å². The van der Waals surface area contributed by atoms with Gasteiger partial charge in [0.1, 0.15) is 17.3 Å². The summed E-state index contributed by atoms with van der Waals surface area (Å²) >= 11 is 0. The van der Waals surface area contributed by atoms with Gasteiger partial charge in [0.25, 0.3) is 0 Å². The van der Waals surface area contributed by atoms with Gasteiger partial charge in [0.15, 0.2) is 0 Å². The van der Waals surface area contributed by atoms with E-state index in [1.165, 1.54) is 12.8 Å². The number of nitrogens with zero attached hydrogens (tertiary/aromatic N) is 1. The van der Waals surface area contributed by atoms with E-state index in [2.05, 4.69) is 18.8 Å². The van der Waals surface area contributed by atoms with E-state index in [9.17, 15) is 9.90 Å². The molecular weight excluding hydrogens is 302 g/mol. The number of fused-ring (bicyclic) bond motifs is 3. The van der Waals surface area contributed by atoms with Crippen LogP contribution >= 0.6 is 0 Å². The first kappa shape index (κ1) is 16.7. The molecule has 128 valence electrons. The van der Waals surface area contributed by atoms with Crippen LogP contribution in [-0.4, -0.2) is 22.0 Å².